The number of carbonyl (C=O) groups excluding carboxylic acids is 1. The Morgan fingerprint density at radius 1 is 1.33 bits per heavy atom. The number of aromatic nitrogens is 2. The van der Waals surface area contributed by atoms with Crippen LogP contribution in [0.2, 0.25) is 0 Å². The Hall–Kier alpha value is -2.26. The smallest absolute Gasteiger partial charge is 0.326 e. The largest absolute Gasteiger partial charge is 0.480 e. The van der Waals surface area contributed by atoms with Crippen molar-refractivity contribution in [3.8, 4) is 5.88 Å². The highest BCUT2D eigenvalue weighted by atomic mass is 32.1. The predicted molar refractivity (Wildman–Crippen MR) is 88.6 cm³/mol. The number of amides is 1. The average molecular weight is 353 g/mol. The normalized spacial score (nSPS) is 12.2. The minimum Gasteiger partial charge on any atom is -0.480 e. The zero-order chi connectivity index (χ0) is 18.0. The third-order valence-corrected chi connectivity index (χ3v) is 4.90. The van der Waals surface area contributed by atoms with Gasteiger partial charge >= 0.3 is 5.97 Å². The molecule has 0 saturated heterocycles. The van der Waals surface area contributed by atoms with Crippen LogP contribution >= 0.6 is 11.3 Å². The van der Waals surface area contributed by atoms with Gasteiger partial charge in [0.1, 0.15) is 17.5 Å². The SMILES string of the molecule is COCc1nc(OC)c2c(C)c(C(=O)N(C)C(C)C(=O)O)sc2n1. The second-order valence-corrected chi connectivity index (χ2v) is 6.25. The van der Waals surface area contributed by atoms with Gasteiger partial charge in [-0.2, -0.15) is 4.98 Å². The van der Waals surface area contributed by atoms with E-state index in [9.17, 15) is 9.59 Å². The van der Waals surface area contributed by atoms with Crippen LogP contribution in [0.15, 0.2) is 0 Å². The van der Waals surface area contributed by atoms with Gasteiger partial charge < -0.3 is 19.5 Å². The third kappa shape index (κ3) is 3.17. The summed E-state index contributed by atoms with van der Waals surface area (Å²) in [4.78, 5) is 34.6. The molecule has 1 N–H and O–H groups in total. The summed E-state index contributed by atoms with van der Waals surface area (Å²) in [6, 6.07) is -0.931. The first kappa shape index (κ1) is 18.1. The summed E-state index contributed by atoms with van der Waals surface area (Å²) in [5.74, 6) is -0.617. The summed E-state index contributed by atoms with van der Waals surface area (Å²) in [7, 11) is 4.50. The second-order valence-electron chi connectivity index (χ2n) is 5.25. The Labute approximate surface area is 143 Å². The van der Waals surface area contributed by atoms with Gasteiger partial charge in [-0.1, -0.05) is 0 Å². The van der Waals surface area contributed by atoms with Crippen molar-refractivity contribution < 1.29 is 24.2 Å². The minimum absolute atomic E-state index is 0.225. The molecule has 0 aliphatic heterocycles. The number of carboxylic acids is 1. The van der Waals surface area contributed by atoms with E-state index in [4.69, 9.17) is 14.6 Å². The van der Waals surface area contributed by atoms with Crippen molar-refractivity contribution in [2.75, 3.05) is 21.3 Å². The monoisotopic (exact) mass is 353 g/mol. The maximum absolute atomic E-state index is 12.7. The van der Waals surface area contributed by atoms with Crippen molar-refractivity contribution in [1.82, 2.24) is 14.9 Å². The molecule has 1 atom stereocenters. The number of aryl methyl sites for hydroxylation is 1. The fraction of sp³-hybridized carbons (Fsp3) is 0.467. The van der Waals surface area contributed by atoms with E-state index in [2.05, 4.69) is 9.97 Å². The Balaban J connectivity index is 2.54. The van der Waals surface area contributed by atoms with Crippen molar-refractivity contribution in [3.63, 3.8) is 0 Å². The number of hydrogen-bond donors (Lipinski definition) is 1. The molecule has 0 aliphatic carbocycles. The average Bonchev–Trinajstić information content (AvgIpc) is 2.89. The van der Waals surface area contributed by atoms with Gasteiger partial charge in [0.2, 0.25) is 5.88 Å². The van der Waals surface area contributed by atoms with E-state index in [0.29, 0.717) is 32.4 Å². The summed E-state index contributed by atoms with van der Waals surface area (Å²) in [6.45, 7) is 3.45. The van der Waals surface area contributed by atoms with E-state index < -0.39 is 12.0 Å². The molecule has 2 rings (SSSR count). The summed E-state index contributed by atoms with van der Waals surface area (Å²) in [5.41, 5.74) is 0.672. The lowest BCUT2D eigenvalue weighted by atomic mass is 10.2. The number of carboxylic acid groups (broad SMARTS) is 1. The first-order chi connectivity index (χ1) is 11.3. The molecule has 0 fully saturated rings. The van der Waals surface area contributed by atoms with Crippen LogP contribution < -0.4 is 4.74 Å². The molecule has 24 heavy (non-hydrogen) atoms. The van der Waals surface area contributed by atoms with Crippen LogP contribution in [0.25, 0.3) is 10.2 Å². The van der Waals surface area contributed by atoms with Crippen LogP contribution in [-0.2, 0) is 16.1 Å². The van der Waals surface area contributed by atoms with Crippen LogP contribution in [-0.4, -0.2) is 59.2 Å². The number of nitrogens with zero attached hydrogens (tertiary/aromatic N) is 3. The lowest BCUT2D eigenvalue weighted by Gasteiger charge is -2.21. The topological polar surface area (TPSA) is 102 Å². The molecule has 0 aromatic carbocycles. The molecule has 1 amide bonds. The second kappa shape index (κ2) is 7.10. The first-order valence-electron chi connectivity index (χ1n) is 7.14. The van der Waals surface area contributed by atoms with Gasteiger partial charge in [-0.05, 0) is 19.4 Å². The summed E-state index contributed by atoms with van der Waals surface area (Å²) < 4.78 is 10.4. The molecule has 8 nitrogen and oxygen atoms in total. The van der Waals surface area contributed by atoms with Gasteiger partial charge in [-0.25, -0.2) is 9.78 Å². The van der Waals surface area contributed by atoms with E-state index >= 15 is 0 Å². The van der Waals surface area contributed by atoms with Gasteiger partial charge in [-0.15, -0.1) is 11.3 Å². The van der Waals surface area contributed by atoms with Crippen LogP contribution in [0.4, 0.5) is 0 Å². The fourth-order valence-corrected chi connectivity index (χ4v) is 3.36. The van der Waals surface area contributed by atoms with E-state index in [-0.39, 0.29) is 12.5 Å². The Kier molecular flexibility index (Phi) is 5.35. The van der Waals surface area contributed by atoms with E-state index in [1.165, 1.54) is 44.4 Å². The lowest BCUT2D eigenvalue weighted by molar-refractivity contribution is -0.141. The van der Waals surface area contributed by atoms with E-state index in [0.717, 1.165) is 0 Å². The number of likely N-dealkylation sites (N-methyl/N-ethyl adjacent to an activating group) is 1. The van der Waals surface area contributed by atoms with Crippen LogP contribution in [0, 0.1) is 6.92 Å². The summed E-state index contributed by atoms with van der Waals surface area (Å²) in [6.07, 6.45) is 0. The molecular weight excluding hydrogens is 334 g/mol. The van der Waals surface area contributed by atoms with Gasteiger partial charge in [-0.3, -0.25) is 4.79 Å². The number of aliphatic carboxylic acids is 1. The number of methoxy groups -OCH3 is 2. The van der Waals surface area contributed by atoms with Gasteiger partial charge in [0, 0.05) is 14.2 Å². The standard InChI is InChI=1S/C15H19N3O5S/c1-7-10-12(23-5)16-9(6-22-4)17-13(10)24-11(7)14(19)18(3)8(2)15(20)21/h8H,6H2,1-5H3,(H,20,21). The molecule has 130 valence electrons. The maximum atomic E-state index is 12.7. The maximum Gasteiger partial charge on any atom is 0.326 e. The Morgan fingerprint density at radius 2 is 2.00 bits per heavy atom. The van der Waals surface area contributed by atoms with Crippen LogP contribution in [0.5, 0.6) is 5.88 Å². The Bertz CT molecular complexity index is 789. The third-order valence-electron chi connectivity index (χ3n) is 3.72. The molecule has 1 unspecified atom stereocenters. The summed E-state index contributed by atoms with van der Waals surface area (Å²) >= 11 is 1.19. The molecule has 0 spiro atoms. The molecule has 2 heterocycles. The van der Waals surface area contributed by atoms with Crippen molar-refractivity contribution in [2.24, 2.45) is 0 Å². The number of ether oxygens (including phenoxy) is 2. The first-order valence-corrected chi connectivity index (χ1v) is 7.96. The fourth-order valence-electron chi connectivity index (χ4n) is 2.19. The number of carbonyl (C=O) groups is 2. The predicted octanol–water partition coefficient (Wildman–Crippen LogP) is 1.70. The minimum atomic E-state index is -1.07. The van der Waals surface area contributed by atoms with Gasteiger partial charge in [0.05, 0.1) is 17.4 Å². The van der Waals surface area contributed by atoms with Crippen molar-refractivity contribution in [1.29, 1.82) is 0 Å². The number of fused-ring (bicyclic) bond motifs is 1. The highest BCUT2D eigenvalue weighted by Crippen LogP contribution is 2.35. The highest BCUT2D eigenvalue weighted by molar-refractivity contribution is 7.20. The molecular formula is C15H19N3O5S. The summed E-state index contributed by atoms with van der Waals surface area (Å²) in [5, 5.41) is 9.74. The van der Waals surface area contributed by atoms with Crippen molar-refractivity contribution >= 4 is 33.4 Å². The van der Waals surface area contributed by atoms with Crippen LogP contribution in [0.3, 0.4) is 0 Å². The molecule has 2 aromatic rings. The Morgan fingerprint density at radius 3 is 2.54 bits per heavy atom. The van der Waals surface area contributed by atoms with Gasteiger partial charge in [0.15, 0.2) is 5.82 Å². The van der Waals surface area contributed by atoms with Crippen molar-refractivity contribution in [3.05, 3.63) is 16.3 Å². The molecule has 9 heteroatoms. The molecule has 2 aromatic heterocycles. The molecule has 0 radical (unpaired) electrons. The van der Waals surface area contributed by atoms with Crippen molar-refractivity contribution in [2.45, 2.75) is 26.5 Å². The molecule has 0 aliphatic rings. The lowest BCUT2D eigenvalue weighted by Crippen LogP contribution is -2.40. The quantitative estimate of drug-likeness (QED) is 0.843. The molecule has 0 saturated carbocycles. The zero-order valence-corrected chi connectivity index (χ0v) is 14.9. The number of rotatable bonds is 6. The van der Waals surface area contributed by atoms with Gasteiger partial charge in [0.25, 0.3) is 5.91 Å². The number of hydrogen-bond acceptors (Lipinski definition) is 7. The zero-order valence-electron chi connectivity index (χ0n) is 14.1. The van der Waals surface area contributed by atoms with E-state index in [1.807, 2.05) is 0 Å². The molecule has 0 bridgehead atoms. The number of thiophene rings is 1. The highest BCUT2D eigenvalue weighted by Gasteiger charge is 2.27. The van der Waals surface area contributed by atoms with E-state index in [1.54, 1.807) is 6.92 Å². The van der Waals surface area contributed by atoms with Crippen LogP contribution in [0.1, 0.15) is 28.0 Å².